The molecule has 0 saturated carbocycles. The van der Waals surface area contributed by atoms with Crippen LogP contribution in [0.15, 0.2) is 66.9 Å². The predicted octanol–water partition coefficient (Wildman–Crippen LogP) is 7.35. The lowest BCUT2D eigenvalue weighted by Crippen LogP contribution is -2.38. The molecule has 0 fully saturated rings. The molecule has 2 aliphatic rings. The van der Waals surface area contributed by atoms with E-state index in [1.54, 1.807) is 0 Å². The molecule has 0 spiro atoms. The summed E-state index contributed by atoms with van der Waals surface area (Å²) in [5.74, 6) is 1.62. The number of aryl methyl sites for hydroxylation is 1. The van der Waals surface area contributed by atoms with Crippen LogP contribution in [0.2, 0.25) is 0 Å². The van der Waals surface area contributed by atoms with E-state index in [0.29, 0.717) is 19.8 Å². The Morgan fingerprint density at radius 1 is 0.921 bits per heavy atom. The van der Waals surface area contributed by atoms with E-state index in [1.165, 1.54) is 33.8 Å². The first-order chi connectivity index (χ1) is 18.7. The van der Waals surface area contributed by atoms with E-state index in [9.17, 15) is 4.79 Å². The maximum atomic E-state index is 14.1. The molecule has 1 aliphatic heterocycles. The van der Waals surface area contributed by atoms with Gasteiger partial charge in [0.2, 0.25) is 0 Å². The number of fused-ring (bicyclic) bond motifs is 5. The largest absolute Gasteiger partial charge is 0.494 e. The van der Waals surface area contributed by atoms with Gasteiger partial charge < -0.3 is 24.3 Å². The number of hydrogen-bond acceptors (Lipinski definition) is 4. The molecule has 6 rings (SSSR count). The van der Waals surface area contributed by atoms with E-state index >= 15 is 0 Å². The zero-order valence-corrected chi connectivity index (χ0v) is 22.7. The van der Waals surface area contributed by atoms with Crippen LogP contribution in [0.5, 0.6) is 11.5 Å². The molecule has 3 heterocycles. The molecular formula is C31H33N3O3S. The zero-order chi connectivity index (χ0) is 26.1. The van der Waals surface area contributed by atoms with Crippen molar-refractivity contribution >= 4 is 23.1 Å². The third-order valence-electron chi connectivity index (χ3n) is 7.36. The molecule has 6 nitrogen and oxygen atoms in total. The summed E-state index contributed by atoms with van der Waals surface area (Å²) >= 11 is 1.90. The highest BCUT2D eigenvalue weighted by atomic mass is 32.1. The molecule has 1 atom stereocenters. The number of nitrogens with zero attached hydrogens (tertiary/aromatic N) is 2. The number of carbonyl (C=O) groups excluding carboxylic acids is 1. The zero-order valence-electron chi connectivity index (χ0n) is 21.9. The van der Waals surface area contributed by atoms with Crippen LogP contribution in [0.1, 0.15) is 60.0 Å². The van der Waals surface area contributed by atoms with Gasteiger partial charge in [0.05, 0.1) is 31.5 Å². The number of hydrogen-bond donors (Lipinski definition) is 1. The van der Waals surface area contributed by atoms with Crippen LogP contribution in [0, 0.1) is 0 Å². The minimum absolute atomic E-state index is 0.121. The van der Waals surface area contributed by atoms with Crippen LogP contribution < -0.4 is 14.8 Å². The number of aromatic nitrogens is 1. The number of carbonyl (C=O) groups is 1. The molecule has 0 unspecified atom stereocenters. The van der Waals surface area contributed by atoms with E-state index in [1.807, 2.05) is 66.5 Å². The summed E-state index contributed by atoms with van der Waals surface area (Å²) in [6.07, 6.45) is 6.80. The molecule has 38 heavy (non-hydrogen) atoms. The Balaban J connectivity index is 1.42. The summed E-state index contributed by atoms with van der Waals surface area (Å²) in [7, 11) is 0. The summed E-state index contributed by atoms with van der Waals surface area (Å²) in [6.45, 7) is 5.73. The highest BCUT2D eigenvalue weighted by molar-refractivity contribution is 7.15. The summed E-state index contributed by atoms with van der Waals surface area (Å²) in [6, 6.07) is 19.6. The highest BCUT2D eigenvalue weighted by Gasteiger charge is 2.36. The number of ether oxygens (including phenoxy) is 2. The highest BCUT2D eigenvalue weighted by Crippen LogP contribution is 2.44. The van der Waals surface area contributed by atoms with Gasteiger partial charge in [-0.25, -0.2) is 4.79 Å². The summed E-state index contributed by atoms with van der Waals surface area (Å²) in [4.78, 5) is 17.5. The van der Waals surface area contributed by atoms with E-state index in [4.69, 9.17) is 9.47 Å². The van der Waals surface area contributed by atoms with E-state index in [-0.39, 0.29) is 12.1 Å². The molecule has 0 radical (unpaired) electrons. The lowest BCUT2D eigenvalue weighted by Gasteiger charge is -2.31. The van der Waals surface area contributed by atoms with Gasteiger partial charge in [0, 0.05) is 22.3 Å². The third kappa shape index (κ3) is 4.56. The van der Waals surface area contributed by atoms with Crippen molar-refractivity contribution in [3.63, 3.8) is 0 Å². The number of nitrogens with one attached hydrogen (secondary N) is 1. The predicted molar refractivity (Wildman–Crippen MR) is 152 cm³/mol. The Kier molecular flexibility index (Phi) is 6.85. The van der Waals surface area contributed by atoms with Gasteiger partial charge in [0.1, 0.15) is 16.5 Å². The van der Waals surface area contributed by atoms with Gasteiger partial charge in [0.25, 0.3) is 0 Å². The van der Waals surface area contributed by atoms with Crippen molar-refractivity contribution in [2.75, 3.05) is 18.5 Å². The Morgan fingerprint density at radius 3 is 2.32 bits per heavy atom. The maximum absolute atomic E-state index is 14.1. The first-order valence-corrected chi connectivity index (χ1v) is 14.3. The number of benzene rings is 2. The fraction of sp³-hybridized carbons (Fsp3) is 0.323. The van der Waals surface area contributed by atoms with Crippen molar-refractivity contribution in [3.8, 4) is 16.5 Å². The Labute approximate surface area is 227 Å². The fourth-order valence-corrected chi connectivity index (χ4v) is 7.05. The monoisotopic (exact) mass is 527 g/mol. The van der Waals surface area contributed by atoms with Gasteiger partial charge in [-0.3, -0.25) is 0 Å². The molecule has 196 valence electrons. The molecule has 2 aromatic carbocycles. The average Bonchev–Trinajstić information content (AvgIpc) is 3.53. The molecule has 1 aliphatic carbocycles. The number of anilines is 1. The minimum atomic E-state index is -0.248. The number of rotatable bonds is 6. The van der Waals surface area contributed by atoms with Crippen LogP contribution in [0.25, 0.3) is 5.00 Å². The summed E-state index contributed by atoms with van der Waals surface area (Å²) in [5, 5.41) is 4.42. The Hall–Kier alpha value is -3.71. The molecule has 2 amide bonds. The molecule has 2 aromatic heterocycles. The van der Waals surface area contributed by atoms with Crippen molar-refractivity contribution < 1.29 is 14.3 Å². The molecule has 1 N–H and O–H groups in total. The van der Waals surface area contributed by atoms with Crippen molar-refractivity contribution in [1.82, 2.24) is 9.47 Å². The second-order valence-corrected chi connectivity index (χ2v) is 10.8. The standard InChI is InChI=1S/C31H33N3O3S/c1-3-36-23-15-11-21(12-16-23)29-27-9-7-19-33(27)30-26(25-8-5-6-10-28(25)38-30)20-34(29)31(35)32-22-13-17-24(18-14-22)37-4-2/h7,9,11-19,29H,3-6,8,10,20H2,1-2H3,(H,32,35)/t29-/m1/s1. The molecule has 4 aromatic rings. The van der Waals surface area contributed by atoms with Crippen LogP contribution in [0.4, 0.5) is 10.5 Å². The van der Waals surface area contributed by atoms with E-state index < -0.39 is 0 Å². The van der Waals surface area contributed by atoms with Gasteiger partial charge in [-0.1, -0.05) is 12.1 Å². The first kappa shape index (κ1) is 24.6. The van der Waals surface area contributed by atoms with Gasteiger partial charge in [-0.2, -0.15) is 0 Å². The Bertz CT molecular complexity index is 1420. The number of thiophene rings is 1. The number of amides is 2. The SMILES string of the molecule is CCOc1ccc(NC(=O)N2Cc3c(sc4c3CCCC4)-n3cccc3[C@H]2c2ccc(OCC)cc2)cc1. The van der Waals surface area contributed by atoms with Gasteiger partial charge in [-0.05, 0) is 99.2 Å². The van der Waals surface area contributed by atoms with E-state index in [2.05, 4.69) is 40.3 Å². The minimum Gasteiger partial charge on any atom is -0.494 e. The van der Waals surface area contributed by atoms with Gasteiger partial charge >= 0.3 is 6.03 Å². The Morgan fingerprint density at radius 2 is 1.61 bits per heavy atom. The average molecular weight is 528 g/mol. The summed E-state index contributed by atoms with van der Waals surface area (Å²) < 4.78 is 13.6. The fourth-order valence-electron chi connectivity index (χ4n) is 5.65. The van der Waals surface area contributed by atoms with Crippen LogP contribution in [0.3, 0.4) is 0 Å². The first-order valence-electron chi connectivity index (χ1n) is 13.5. The lowest BCUT2D eigenvalue weighted by molar-refractivity contribution is 0.194. The normalized spacial score (nSPS) is 16.2. The third-order valence-corrected chi connectivity index (χ3v) is 8.70. The molecule has 0 bridgehead atoms. The molecule has 7 heteroatoms. The van der Waals surface area contributed by atoms with Crippen molar-refractivity contribution in [3.05, 3.63) is 94.1 Å². The quantitative estimate of drug-likeness (QED) is 0.285. The van der Waals surface area contributed by atoms with Crippen molar-refractivity contribution in [2.24, 2.45) is 0 Å². The topological polar surface area (TPSA) is 55.7 Å². The van der Waals surface area contributed by atoms with Crippen molar-refractivity contribution in [1.29, 1.82) is 0 Å². The smallest absolute Gasteiger partial charge is 0.322 e. The lowest BCUT2D eigenvalue weighted by atomic mass is 9.95. The van der Waals surface area contributed by atoms with Crippen LogP contribution in [-0.4, -0.2) is 28.7 Å². The molecular weight excluding hydrogens is 494 g/mol. The summed E-state index contributed by atoms with van der Waals surface area (Å²) in [5.41, 5.74) is 5.63. The van der Waals surface area contributed by atoms with Gasteiger partial charge in [-0.15, -0.1) is 11.3 Å². The van der Waals surface area contributed by atoms with Gasteiger partial charge in [0.15, 0.2) is 0 Å². The second kappa shape index (κ2) is 10.6. The van der Waals surface area contributed by atoms with Crippen molar-refractivity contribution in [2.45, 2.75) is 52.1 Å². The maximum Gasteiger partial charge on any atom is 0.322 e. The van der Waals surface area contributed by atoms with Crippen LogP contribution >= 0.6 is 11.3 Å². The second-order valence-electron chi connectivity index (χ2n) is 9.72. The molecule has 0 saturated heterocycles. The number of urea groups is 1. The van der Waals surface area contributed by atoms with Crippen LogP contribution in [-0.2, 0) is 19.4 Å². The van der Waals surface area contributed by atoms with E-state index in [0.717, 1.165) is 41.3 Å².